The molecular formula is C19H21FN4O5. The fraction of sp³-hybridized carbons (Fsp3) is 0.421. The third-order valence-electron chi connectivity index (χ3n) is 5.16. The number of nitrogens with one attached hydrogen (secondary N) is 2. The van der Waals surface area contributed by atoms with E-state index in [1.807, 2.05) is 12.2 Å². The first kappa shape index (κ1) is 20.4. The monoisotopic (exact) mass is 404 g/mol. The molecule has 154 valence electrons. The Morgan fingerprint density at radius 2 is 1.79 bits per heavy atom. The molecule has 3 rings (SSSR count). The van der Waals surface area contributed by atoms with Gasteiger partial charge < -0.3 is 5.32 Å². The zero-order valence-corrected chi connectivity index (χ0v) is 15.8. The van der Waals surface area contributed by atoms with Gasteiger partial charge in [-0.05, 0) is 30.9 Å². The molecule has 9 nitrogen and oxygen atoms in total. The average Bonchev–Trinajstić information content (AvgIpc) is 2.87. The van der Waals surface area contributed by atoms with Crippen LogP contribution in [0.2, 0.25) is 0 Å². The molecular weight excluding hydrogens is 383 g/mol. The molecule has 0 spiro atoms. The van der Waals surface area contributed by atoms with E-state index in [2.05, 4.69) is 5.32 Å². The molecule has 1 aliphatic heterocycles. The first-order valence-corrected chi connectivity index (χ1v) is 9.34. The summed E-state index contributed by atoms with van der Waals surface area (Å²) in [4.78, 5) is 62.5. The molecule has 0 radical (unpaired) electrons. The smallest absolute Gasteiger partial charge is 0.305 e. The van der Waals surface area contributed by atoms with Gasteiger partial charge in [-0.1, -0.05) is 31.9 Å². The molecule has 1 heterocycles. The molecule has 1 aliphatic carbocycles. The molecule has 1 aromatic carbocycles. The van der Waals surface area contributed by atoms with Crippen LogP contribution >= 0.6 is 0 Å². The number of halogens is 1. The molecule has 2 atom stereocenters. The summed E-state index contributed by atoms with van der Waals surface area (Å²) in [7, 11) is 0. The summed E-state index contributed by atoms with van der Waals surface area (Å²) in [6, 6.07) is 3.09. The van der Waals surface area contributed by atoms with Crippen LogP contribution in [0.4, 0.5) is 19.7 Å². The lowest BCUT2D eigenvalue weighted by atomic mass is 9.85. The molecule has 0 aromatic heterocycles. The van der Waals surface area contributed by atoms with Crippen LogP contribution in [0.1, 0.15) is 32.6 Å². The lowest BCUT2D eigenvalue weighted by molar-refractivity contribution is -0.145. The van der Waals surface area contributed by atoms with Crippen molar-refractivity contribution in [3.63, 3.8) is 0 Å². The molecule has 7 amide bonds. The SMILES string of the molecule is C[C@H]1CCCC[C@@H]1N1C(=O)C(=O)N(CC(=O)NC(=O)Nc2ccccc2F)C1=O. The van der Waals surface area contributed by atoms with Crippen LogP contribution in [0.15, 0.2) is 24.3 Å². The second kappa shape index (κ2) is 8.38. The van der Waals surface area contributed by atoms with Crippen LogP contribution in [-0.4, -0.2) is 52.2 Å². The second-order valence-electron chi connectivity index (χ2n) is 7.16. The van der Waals surface area contributed by atoms with Gasteiger partial charge in [0.2, 0.25) is 5.91 Å². The Kier molecular flexibility index (Phi) is 5.90. The average molecular weight is 404 g/mol. The molecule has 1 aromatic rings. The summed E-state index contributed by atoms with van der Waals surface area (Å²) in [6.45, 7) is 1.13. The molecule has 2 N–H and O–H groups in total. The largest absolute Gasteiger partial charge is 0.334 e. The second-order valence-corrected chi connectivity index (χ2v) is 7.16. The van der Waals surface area contributed by atoms with E-state index in [9.17, 15) is 28.4 Å². The lowest BCUT2D eigenvalue weighted by Gasteiger charge is -2.34. The Morgan fingerprint density at radius 1 is 1.10 bits per heavy atom. The Balaban J connectivity index is 1.62. The summed E-state index contributed by atoms with van der Waals surface area (Å²) in [6.07, 6.45) is 3.28. The van der Waals surface area contributed by atoms with Gasteiger partial charge in [0, 0.05) is 6.04 Å². The zero-order chi connectivity index (χ0) is 21.1. The van der Waals surface area contributed by atoms with Crippen molar-refractivity contribution in [2.24, 2.45) is 5.92 Å². The van der Waals surface area contributed by atoms with Crippen molar-refractivity contribution in [1.29, 1.82) is 0 Å². The van der Waals surface area contributed by atoms with Crippen molar-refractivity contribution in [2.75, 3.05) is 11.9 Å². The van der Waals surface area contributed by atoms with Crippen molar-refractivity contribution in [3.8, 4) is 0 Å². The van der Waals surface area contributed by atoms with Gasteiger partial charge in [-0.2, -0.15) is 0 Å². The predicted octanol–water partition coefficient (Wildman–Crippen LogP) is 1.84. The van der Waals surface area contributed by atoms with Gasteiger partial charge in [0.05, 0.1) is 5.69 Å². The van der Waals surface area contributed by atoms with Gasteiger partial charge in [-0.3, -0.25) is 24.6 Å². The van der Waals surface area contributed by atoms with E-state index in [4.69, 9.17) is 0 Å². The van der Waals surface area contributed by atoms with Crippen LogP contribution in [0, 0.1) is 11.7 Å². The van der Waals surface area contributed by atoms with E-state index >= 15 is 0 Å². The van der Waals surface area contributed by atoms with E-state index in [1.54, 1.807) is 0 Å². The Bertz CT molecular complexity index is 874. The van der Waals surface area contributed by atoms with Crippen molar-refractivity contribution in [1.82, 2.24) is 15.1 Å². The third kappa shape index (κ3) is 4.25. The van der Waals surface area contributed by atoms with Crippen LogP contribution in [0.25, 0.3) is 0 Å². The maximum Gasteiger partial charge on any atom is 0.334 e. The summed E-state index contributed by atoms with van der Waals surface area (Å²) in [5, 5.41) is 4.06. The number of para-hydroxylation sites is 1. The number of anilines is 1. The normalized spacial score (nSPS) is 22.1. The van der Waals surface area contributed by atoms with Gasteiger partial charge in [-0.15, -0.1) is 0 Å². The van der Waals surface area contributed by atoms with Crippen LogP contribution < -0.4 is 10.6 Å². The maximum atomic E-state index is 13.5. The van der Waals surface area contributed by atoms with Crippen molar-refractivity contribution in [3.05, 3.63) is 30.1 Å². The number of benzene rings is 1. The molecule has 1 saturated heterocycles. The number of urea groups is 2. The van der Waals surface area contributed by atoms with Crippen LogP contribution in [0.3, 0.4) is 0 Å². The summed E-state index contributed by atoms with van der Waals surface area (Å²) in [5.74, 6) is -3.67. The lowest BCUT2D eigenvalue weighted by Crippen LogP contribution is -2.47. The summed E-state index contributed by atoms with van der Waals surface area (Å²) >= 11 is 0. The highest BCUT2D eigenvalue weighted by Crippen LogP contribution is 2.31. The van der Waals surface area contributed by atoms with Crippen molar-refractivity contribution in [2.45, 2.75) is 38.6 Å². The summed E-state index contributed by atoms with van der Waals surface area (Å²) < 4.78 is 13.5. The number of rotatable bonds is 4. The first-order chi connectivity index (χ1) is 13.8. The minimum Gasteiger partial charge on any atom is -0.305 e. The number of nitrogens with zero attached hydrogens (tertiary/aromatic N) is 2. The van der Waals surface area contributed by atoms with Gasteiger partial charge in [-0.25, -0.2) is 18.9 Å². The molecule has 0 unspecified atom stereocenters. The predicted molar refractivity (Wildman–Crippen MR) is 98.9 cm³/mol. The van der Waals surface area contributed by atoms with Crippen LogP contribution in [0.5, 0.6) is 0 Å². The number of carbonyl (C=O) groups excluding carboxylic acids is 5. The molecule has 1 saturated carbocycles. The number of carbonyl (C=O) groups is 5. The minimum absolute atomic E-state index is 0.0600. The van der Waals surface area contributed by atoms with E-state index in [1.165, 1.54) is 18.2 Å². The first-order valence-electron chi connectivity index (χ1n) is 9.34. The van der Waals surface area contributed by atoms with Gasteiger partial charge in [0.1, 0.15) is 12.4 Å². The number of hydrogen-bond acceptors (Lipinski definition) is 5. The third-order valence-corrected chi connectivity index (χ3v) is 5.16. The molecule has 2 aliphatic rings. The standard InChI is InChI=1S/C19H21FN4O5/c1-11-6-2-5-9-14(11)24-17(27)16(26)23(19(24)29)10-15(25)22-18(28)21-13-8-4-3-7-12(13)20/h3-4,7-8,11,14H,2,5-6,9-10H2,1H3,(H2,21,22,25,28)/t11-,14-/m0/s1. The van der Waals surface area contributed by atoms with Gasteiger partial charge in [0.15, 0.2) is 0 Å². The molecule has 10 heteroatoms. The van der Waals surface area contributed by atoms with Gasteiger partial charge >= 0.3 is 23.9 Å². The summed E-state index contributed by atoms with van der Waals surface area (Å²) in [5.41, 5.74) is -0.140. The van der Waals surface area contributed by atoms with Crippen molar-refractivity contribution >= 4 is 35.5 Å². The highest BCUT2D eigenvalue weighted by Gasteiger charge is 2.49. The van der Waals surface area contributed by atoms with E-state index in [0.29, 0.717) is 11.3 Å². The zero-order valence-electron chi connectivity index (χ0n) is 15.8. The molecule has 0 bridgehead atoms. The molecule has 29 heavy (non-hydrogen) atoms. The van der Waals surface area contributed by atoms with Gasteiger partial charge in [0.25, 0.3) is 0 Å². The Labute approximate surface area is 166 Å². The number of imide groups is 3. The van der Waals surface area contributed by atoms with E-state index in [-0.39, 0.29) is 17.6 Å². The highest BCUT2D eigenvalue weighted by molar-refractivity contribution is 6.45. The maximum absolute atomic E-state index is 13.5. The highest BCUT2D eigenvalue weighted by atomic mass is 19.1. The minimum atomic E-state index is -1.10. The number of hydrogen-bond donors (Lipinski definition) is 2. The Hall–Kier alpha value is -3.30. The fourth-order valence-corrected chi connectivity index (χ4v) is 3.66. The van der Waals surface area contributed by atoms with Crippen LogP contribution in [-0.2, 0) is 14.4 Å². The number of amides is 7. The van der Waals surface area contributed by atoms with E-state index in [0.717, 1.165) is 30.2 Å². The fourth-order valence-electron chi connectivity index (χ4n) is 3.66. The topological polar surface area (TPSA) is 116 Å². The Morgan fingerprint density at radius 3 is 2.48 bits per heavy atom. The quantitative estimate of drug-likeness (QED) is 0.587. The molecule has 2 fully saturated rings. The van der Waals surface area contributed by atoms with Crippen molar-refractivity contribution < 1.29 is 28.4 Å². The van der Waals surface area contributed by atoms with E-state index < -0.39 is 42.1 Å².